The van der Waals surface area contributed by atoms with Crippen LogP contribution in [-0.4, -0.2) is 24.1 Å². The van der Waals surface area contributed by atoms with Crippen LogP contribution in [0.15, 0.2) is 52.4 Å². The van der Waals surface area contributed by atoms with Gasteiger partial charge in [0, 0.05) is 23.9 Å². The molecule has 0 N–H and O–H groups in total. The first-order valence-corrected chi connectivity index (χ1v) is 10.7. The minimum Gasteiger partial charge on any atom is -0.276 e. The molecule has 0 aliphatic heterocycles. The molecular formula is C21H21N5O3S. The summed E-state index contributed by atoms with van der Waals surface area (Å²) in [6.45, 7) is 4.42. The summed E-state index contributed by atoms with van der Waals surface area (Å²) in [6, 6.07) is 12.5. The molecular weight excluding hydrogens is 402 g/mol. The van der Waals surface area contributed by atoms with Gasteiger partial charge in [-0.3, -0.25) is 23.9 Å². The zero-order valence-electron chi connectivity index (χ0n) is 16.7. The van der Waals surface area contributed by atoms with Crippen LogP contribution in [0.2, 0.25) is 0 Å². The molecule has 0 saturated heterocycles. The molecule has 0 spiro atoms. The third-order valence-corrected chi connectivity index (χ3v) is 6.16. The zero-order chi connectivity index (χ0) is 21.3. The smallest absolute Gasteiger partial charge is 0.272 e. The molecule has 9 heteroatoms. The van der Waals surface area contributed by atoms with E-state index in [-0.39, 0.29) is 16.2 Å². The van der Waals surface area contributed by atoms with Gasteiger partial charge in [0.2, 0.25) is 5.78 Å². The number of thioether (sulfide) groups is 1. The average molecular weight is 423 g/mol. The molecule has 154 valence electrons. The first kappa shape index (κ1) is 20.1. The maximum Gasteiger partial charge on any atom is 0.272 e. The lowest BCUT2D eigenvalue weighted by Crippen LogP contribution is -2.23. The molecule has 4 rings (SSSR count). The number of para-hydroxylation sites is 1. The number of nitrogens with zero attached hydrogens (tertiary/aromatic N) is 5. The van der Waals surface area contributed by atoms with Crippen LogP contribution < -0.4 is 5.56 Å². The lowest BCUT2D eigenvalue weighted by Gasteiger charge is -2.11. The normalized spacial score (nSPS) is 11.4. The van der Waals surface area contributed by atoms with E-state index >= 15 is 0 Å². The van der Waals surface area contributed by atoms with Gasteiger partial charge in [-0.1, -0.05) is 49.4 Å². The second-order valence-electron chi connectivity index (χ2n) is 7.05. The van der Waals surface area contributed by atoms with Gasteiger partial charge >= 0.3 is 0 Å². The van der Waals surface area contributed by atoms with Crippen molar-refractivity contribution in [3.63, 3.8) is 0 Å². The van der Waals surface area contributed by atoms with Crippen molar-refractivity contribution < 1.29 is 4.92 Å². The third-order valence-electron chi connectivity index (χ3n) is 5.18. The minimum atomic E-state index is -0.365. The number of aryl methyl sites for hydroxylation is 1. The standard InChI is InChI=1S/C21H21N5O3S/c1-3-4-12-24-19(27)16-9-5-6-10-18(16)25-20(24)22-23-21(25)30-13-15-8-7-11-17(14(15)2)26(28)29/h5-11H,3-4,12-13H2,1-2H3. The summed E-state index contributed by atoms with van der Waals surface area (Å²) >= 11 is 1.45. The van der Waals surface area contributed by atoms with Gasteiger partial charge in [0.05, 0.1) is 15.8 Å². The van der Waals surface area contributed by atoms with E-state index < -0.39 is 0 Å². The number of hydrogen-bond acceptors (Lipinski definition) is 6. The van der Waals surface area contributed by atoms with Crippen LogP contribution in [0.25, 0.3) is 16.7 Å². The van der Waals surface area contributed by atoms with Crippen LogP contribution >= 0.6 is 11.8 Å². The van der Waals surface area contributed by atoms with Crippen molar-refractivity contribution in [3.8, 4) is 0 Å². The number of aromatic nitrogens is 4. The molecule has 0 fully saturated rings. The minimum absolute atomic E-state index is 0.0648. The molecule has 0 saturated carbocycles. The van der Waals surface area contributed by atoms with E-state index in [0.29, 0.717) is 34.2 Å². The topological polar surface area (TPSA) is 95.3 Å². The molecule has 0 radical (unpaired) electrons. The van der Waals surface area contributed by atoms with Gasteiger partial charge in [-0.15, -0.1) is 10.2 Å². The maximum atomic E-state index is 13.0. The predicted octanol–water partition coefficient (Wildman–Crippen LogP) is 4.35. The Kier molecular flexibility index (Phi) is 5.54. The number of fused-ring (bicyclic) bond motifs is 3. The second kappa shape index (κ2) is 8.27. The summed E-state index contributed by atoms with van der Waals surface area (Å²) in [7, 11) is 0. The fraction of sp³-hybridized carbons (Fsp3) is 0.286. The number of benzene rings is 2. The van der Waals surface area contributed by atoms with Gasteiger partial charge in [-0.05, 0) is 31.0 Å². The number of hydrogen-bond donors (Lipinski definition) is 0. The highest BCUT2D eigenvalue weighted by Crippen LogP contribution is 2.29. The SMILES string of the molecule is CCCCn1c(=O)c2ccccc2n2c(SCc3cccc([N+](=O)[O-])c3C)nnc12. The van der Waals surface area contributed by atoms with Crippen molar-refractivity contribution >= 4 is 34.1 Å². The Morgan fingerprint density at radius 2 is 1.93 bits per heavy atom. The highest BCUT2D eigenvalue weighted by Gasteiger charge is 2.18. The molecule has 0 unspecified atom stereocenters. The first-order valence-electron chi connectivity index (χ1n) is 9.75. The van der Waals surface area contributed by atoms with Crippen LogP contribution in [0.4, 0.5) is 5.69 Å². The van der Waals surface area contributed by atoms with E-state index in [9.17, 15) is 14.9 Å². The summed E-state index contributed by atoms with van der Waals surface area (Å²) in [5.74, 6) is 1.03. The Morgan fingerprint density at radius 1 is 1.13 bits per heavy atom. The van der Waals surface area contributed by atoms with E-state index in [1.54, 1.807) is 17.6 Å². The van der Waals surface area contributed by atoms with Crippen molar-refractivity contribution in [1.82, 2.24) is 19.2 Å². The van der Waals surface area contributed by atoms with Gasteiger partial charge in [-0.2, -0.15) is 0 Å². The Labute approximate surface area is 176 Å². The van der Waals surface area contributed by atoms with Crippen molar-refractivity contribution in [2.75, 3.05) is 0 Å². The summed E-state index contributed by atoms with van der Waals surface area (Å²) in [4.78, 5) is 23.9. The predicted molar refractivity (Wildman–Crippen MR) is 117 cm³/mol. The molecule has 2 aromatic carbocycles. The second-order valence-corrected chi connectivity index (χ2v) is 8.00. The zero-order valence-corrected chi connectivity index (χ0v) is 17.6. The van der Waals surface area contributed by atoms with Gasteiger partial charge in [0.15, 0.2) is 5.16 Å². The van der Waals surface area contributed by atoms with Gasteiger partial charge in [0.1, 0.15) is 0 Å². The molecule has 4 aromatic rings. The first-order chi connectivity index (χ1) is 14.5. The fourth-order valence-corrected chi connectivity index (χ4v) is 4.52. The highest BCUT2D eigenvalue weighted by atomic mass is 32.2. The van der Waals surface area contributed by atoms with Crippen molar-refractivity contribution in [2.45, 2.75) is 44.1 Å². The Morgan fingerprint density at radius 3 is 2.70 bits per heavy atom. The van der Waals surface area contributed by atoms with E-state index in [1.807, 2.05) is 34.7 Å². The van der Waals surface area contributed by atoms with E-state index in [1.165, 1.54) is 17.8 Å². The van der Waals surface area contributed by atoms with E-state index in [4.69, 9.17) is 0 Å². The lowest BCUT2D eigenvalue weighted by atomic mass is 10.1. The summed E-state index contributed by atoms with van der Waals surface area (Å²) < 4.78 is 3.59. The molecule has 30 heavy (non-hydrogen) atoms. The molecule has 0 aliphatic carbocycles. The van der Waals surface area contributed by atoms with Gasteiger partial charge < -0.3 is 0 Å². The molecule has 0 aliphatic rings. The number of nitro groups is 1. The summed E-state index contributed by atoms with van der Waals surface area (Å²) in [6.07, 6.45) is 1.84. The van der Waals surface area contributed by atoms with E-state index in [2.05, 4.69) is 17.1 Å². The van der Waals surface area contributed by atoms with Crippen molar-refractivity contribution in [3.05, 3.63) is 74.1 Å². The molecule has 0 bridgehead atoms. The van der Waals surface area contributed by atoms with Gasteiger partial charge in [-0.25, -0.2) is 0 Å². The average Bonchev–Trinajstić information content (AvgIpc) is 3.17. The Bertz CT molecular complexity index is 1310. The maximum absolute atomic E-state index is 13.0. The van der Waals surface area contributed by atoms with Crippen LogP contribution in [0.3, 0.4) is 0 Å². The summed E-state index contributed by atoms with van der Waals surface area (Å²) in [5, 5.41) is 21.1. The van der Waals surface area contributed by atoms with Crippen LogP contribution in [0, 0.1) is 17.0 Å². The van der Waals surface area contributed by atoms with Gasteiger partial charge in [0.25, 0.3) is 11.2 Å². The van der Waals surface area contributed by atoms with Crippen LogP contribution in [0.5, 0.6) is 0 Å². The Hall–Kier alpha value is -3.20. The van der Waals surface area contributed by atoms with Crippen molar-refractivity contribution in [1.29, 1.82) is 0 Å². The van der Waals surface area contributed by atoms with Crippen LogP contribution in [-0.2, 0) is 12.3 Å². The fourth-order valence-electron chi connectivity index (χ4n) is 3.51. The molecule has 2 aromatic heterocycles. The number of nitro benzene ring substituents is 1. The summed E-state index contributed by atoms with van der Waals surface area (Å²) in [5.41, 5.74) is 2.32. The Balaban J connectivity index is 1.80. The monoisotopic (exact) mass is 423 g/mol. The largest absolute Gasteiger partial charge is 0.276 e. The van der Waals surface area contributed by atoms with Crippen LogP contribution in [0.1, 0.15) is 30.9 Å². The molecule has 2 heterocycles. The molecule has 0 amide bonds. The van der Waals surface area contributed by atoms with E-state index in [0.717, 1.165) is 23.9 Å². The quantitative estimate of drug-likeness (QED) is 0.249. The lowest BCUT2D eigenvalue weighted by molar-refractivity contribution is -0.385. The number of unbranched alkanes of at least 4 members (excludes halogenated alkanes) is 1. The molecule has 8 nitrogen and oxygen atoms in total. The van der Waals surface area contributed by atoms with Crippen molar-refractivity contribution in [2.24, 2.45) is 0 Å². The highest BCUT2D eigenvalue weighted by molar-refractivity contribution is 7.98. The third kappa shape index (κ3) is 3.45. The number of rotatable bonds is 7. The molecule has 0 atom stereocenters.